The van der Waals surface area contributed by atoms with Gasteiger partial charge in [0.1, 0.15) is 11.6 Å². The van der Waals surface area contributed by atoms with Crippen LogP contribution < -0.4 is 0 Å². The van der Waals surface area contributed by atoms with E-state index in [1.807, 2.05) is 19.9 Å². The molecule has 0 aliphatic heterocycles. The van der Waals surface area contributed by atoms with Crippen molar-refractivity contribution in [3.63, 3.8) is 0 Å². The molecule has 18 heavy (non-hydrogen) atoms. The monoisotopic (exact) mass is 245 g/mol. The molecule has 3 rings (SSSR count). The fourth-order valence-electron chi connectivity index (χ4n) is 2.27. The Morgan fingerprint density at radius 1 is 1.44 bits per heavy atom. The average molecular weight is 245 g/mol. The number of rotatable bonds is 3. The van der Waals surface area contributed by atoms with Crippen LogP contribution in [-0.2, 0) is 0 Å². The van der Waals surface area contributed by atoms with E-state index >= 15 is 0 Å². The molecule has 2 unspecified atom stereocenters. The molecule has 2 atom stereocenters. The van der Waals surface area contributed by atoms with E-state index in [1.54, 1.807) is 10.9 Å². The van der Waals surface area contributed by atoms with Gasteiger partial charge in [0, 0.05) is 6.61 Å². The molecule has 6 nitrogen and oxygen atoms in total. The van der Waals surface area contributed by atoms with Crippen LogP contribution in [0.4, 0.5) is 0 Å². The van der Waals surface area contributed by atoms with Crippen molar-refractivity contribution in [3.8, 4) is 5.82 Å². The average Bonchev–Trinajstić information content (AvgIpc) is 3.08. The van der Waals surface area contributed by atoms with Crippen LogP contribution in [0.15, 0.2) is 12.3 Å². The third-order valence-corrected chi connectivity index (χ3v) is 3.34. The van der Waals surface area contributed by atoms with Crippen molar-refractivity contribution in [2.24, 2.45) is 5.92 Å². The first-order valence-corrected chi connectivity index (χ1v) is 6.03. The van der Waals surface area contributed by atoms with Crippen molar-refractivity contribution in [3.05, 3.63) is 29.5 Å². The molecule has 1 N–H and O–H groups in total. The van der Waals surface area contributed by atoms with Gasteiger partial charge in [-0.2, -0.15) is 9.78 Å². The highest BCUT2D eigenvalue weighted by molar-refractivity contribution is 5.31. The molecule has 0 aromatic carbocycles. The van der Waals surface area contributed by atoms with Gasteiger partial charge >= 0.3 is 0 Å². The number of aryl methyl sites for hydroxylation is 2. The Balaban J connectivity index is 1.94. The largest absolute Gasteiger partial charge is 0.396 e. The van der Waals surface area contributed by atoms with Gasteiger partial charge in [-0.15, -0.1) is 10.2 Å². The Hall–Kier alpha value is -1.82. The topological polar surface area (TPSA) is 76.7 Å². The van der Waals surface area contributed by atoms with E-state index in [1.165, 1.54) is 0 Å². The lowest BCUT2D eigenvalue weighted by Crippen LogP contribution is -2.04. The fourth-order valence-corrected chi connectivity index (χ4v) is 2.27. The highest BCUT2D eigenvalue weighted by atomic mass is 16.3. The van der Waals surface area contributed by atoms with E-state index in [0.717, 1.165) is 23.6 Å². The molecule has 1 aliphatic rings. The molecule has 2 heterocycles. The fraction of sp³-hybridized carbons (Fsp3) is 0.500. The van der Waals surface area contributed by atoms with Crippen LogP contribution in [0.25, 0.3) is 5.82 Å². The second-order valence-electron chi connectivity index (χ2n) is 4.75. The first-order chi connectivity index (χ1) is 8.69. The zero-order valence-electron chi connectivity index (χ0n) is 10.4. The summed E-state index contributed by atoms with van der Waals surface area (Å²) in [6.45, 7) is 3.98. The molecule has 0 amide bonds. The van der Waals surface area contributed by atoms with E-state index in [4.69, 9.17) is 5.11 Å². The molecule has 2 aromatic heterocycles. The molecule has 1 fully saturated rings. The molecule has 0 spiro atoms. The number of hydrogen-bond donors (Lipinski definition) is 1. The molecule has 94 valence electrons. The lowest BCUT2D eigenvalue weighted by atomic mass is 10.1. The number of aromatic nitrogens is 5. The normalized spacial score (nSPS) is 22.2. The molecule has 0 radical (unpaired) electrons. The molecule has 0 saturated heterocycles. The first kappa shape index (κ1) is 11.3. The van der Waals surface area contributed by atoms with Crippen LogP contribution in [0.3, 0.4) is 0 Å². The van der Waals surface area contributed by atoms with Crippen LogP contribution in [0.5, 0.6) is 0 Å². The minimum Gasteiger partial charge on any atom is -0.396 e. The summed E-state index contributed by atoms with van der Waals surface area (Å²) in [5.74, 6) is 3.00. The van der Waals surface area contributed by atoms with Gasteiger partial charge in [-0.3, -0.25) is 0 Å². The highest BCUT2D eigenvalue weighted by Gasteiger charge is 2.38. The van der Waals surface area contributed by atoms with Crippen LogP contribution in [0.2, 0.25) is 0 Å². The molecular weight excluding hydrogens is 230 g/mol. The van der Waals surface area contributed by atoms with Crippen molar-refractivity contribution < 1.29 is 5.11 Å². The SMILES string of the molecule is Cc1nc(C)n(-c2cc(C3CC3CO)cnn2)n1. The Morgan fingerprint density at radius 2 is 2.28 bits per heavy atom. The quantitative estimate of drug-likeness (QED) is 0.864. The van der Waals surface area contributed by atoms with E-state index in [0.29, 0.717) is 17.7 Å². The summed E-state index contributed by atoms with van der Waals surface area (Å²) in [6.07, 6.45) is 2.79. The Labute approximate surface area is 105 Å². The van der Waals surface area contributed by atoms with E-state index in [2.05, 4.69) is 20.3 Å². The Morgan fingerprint density at radius 3 is 2.89 bits per heavy atom. The maximum absolute atomic E-state index is 9.11. The summed E-state index contributed by atoms with van der Waals surface area (Å²) >= 11 is 0. The second-order valence-corrected chi connectivity index (χ2v) is 4.75. The van der Waals surface area contributed by atoms with Gasteiger partial charge in [-0.25, -0.2) is 4.98 Å². The second kappa shape index (κ2) is 4.13. The van der Waals surface area contributed by atoms with Crippen molar-refractivity contribution in [1.82, 2.24) is 25.0 Å². The maximum Gasteiger partial charge on any atom is 0.178 e. The summed E-state index contributed by atoms with van der Waals surface area (Å²) in [5.41, 5.74) is 1.12. The summed E-state index contributed by atoms with van der Waals surface area (Å²) < 4.78 is 1.70. The smallest absolute Gasteiger partial charge is 0.178 e. The zero-order chi connectivity index (χ0) is 12.7. The Bertz CT molecular complexity index is 580. The van der Waals surface area contributed by atoms with E-state index < -0.39 is 0 Å². The molecule has 2 aromatic rings. The molecule has 6 heteroatoms. The van der Waals surface area contributed by atoms with Gasteiger partial charge in [0.2, 0.25) is 0 Å². The van der Waals surface area contributed by atoms with Gasteiger partial charge in [-0.1, -0.05) is 0 Å². The number of nitrogens with zero attached hydrogens (tertiary/aromatic N) is 5. The first-order valence-electron chi connectivity index (χ1n) is 6.03. The van der Waals surface area contributed by atoms with E-state index in [9.17, 15) is 0 Å². The minimum atomic E-state index is 0.240. The van der Waals surface area contributed by atoms with Crippen LogP contribution in [0.1, 0.15) is 29.6 Å². The lowest BCUT2D eigenvalue weighted by Gasteiger charge is -2.03. The standard InChI is InChI=1S/C12H15N5O/c1-7-14-8(2)17(16-7)12-4-9(5-13-15-12)11-3-10(11)6-18/h4-5,10-11,18H,3,6H2,1-2H3. The summed E-state index contributed by atoms with van der Waals surface area (Å²) in [6, 6.07) is 1.98. The van der Waals surface area contributed by atoms with Gasteiger partial charge in [0.25, 0.3) is 0 Å². The van der Waals surface area contributed by atoms with Crippen molar-refractivity contribution in [2.75, 3.05) is 6.61 Å². The minimum absolute atomic E-state index is 0.240. The Kier molecular flexibility index (Phi) is 2.59. The summed E-state index contributed by atoms with van der Waals surface area (Å²) in [4.78, 5) is 4.25. The van der Waals surface area contributed by atoms with Crippen molar-refractivity contribution >= 4 is 0 Å². The molecular formula is C12H15N5O. The van der Waals surface area contributed by atoms with Crippen molar-refractivity contribution in [1.29, 1.82) is 0 Å². The highest BCUT2D eigenvalue weighted by Crippen LogP contribution is 2.46. The van der Waals surface area contributed by atoms with Gasteiger partial charge in [0.15, 0.2) is 5.82 Å². The van der Waals surface area contributed by atoms with Gasteiger partial charge in [-0.05, 0) is 43.7 Å². The van der Waals surface area contributed by atoms with Crippen molar-refractivity contribution in [2.45, 2.75) is 26.2 Å². The third kappa shape index (κ3) is 1.88. The lowest BCUT2D eigenvalue weighted by molar-refractivity contribution is 0.274. The number of hydrogen-bond acceptors (Lipinski definition) is 5. The van der Waals surface area contributed by atoms with Crippen LogP contribution in [0, 0.1) is 19.8 Å². The van der Waals surface area contributed by atoms with Crippen LogP contribution in [-0.4, -0.2) is 36.7 Å². The third-order valence-electron chi connectivity index (χ3n) is 3.34. The predicted molar refractivity (Wildman–Crippen MR) is 64.4 cm³/mol. The number of aliphatic hydroxyl groups is 1. The molecule has 1 saturated carbocycles. The summed E-state index contributed by atoms with van der Waals surface area (Å²) in [5, 5.41) is 21.5. The van der Waals surface area contributed by atoms with E-state index in [-0.39, 0.29) is 6.61 Å². The zero-order valence-corrected chi connectivity index (χ0v) is 10.4. The summed E-state index contributed by atoms with van der Waals surface area (Å²) in [7, 11) is 0. The number of aliphatic hydroxyl groups excluding tert-OH is 1. The maximum atomic E-state index is 9.11. The molecule has 0 bridgehead atoms. The predicted octanol–water partition coefficient (Wildman–Crippen LogP) is 0.770. The van der Waals surface area contributed by atoms with Gasteiger partial charge < -0.3 is 5.11 Å². The molecule has 1 aliphatic carbocycles. The van der Waals surface area contributed by atoms with Crippen LogP contribution >= 0.6 is 0 Å². The van der Waals surface area contributed by atoms with Gasteiger partial charge in [0.05, 0.1) is 6.20 Å².